The second-order valence-corrected chi connectivity index (χ2v) is 3.34. The molecular formula is C8H10OS2. The van der Waals surface area contributed by atoms with Crippen molar-refractivity contribution in [2.75, 3.05) is 5.94 Å². The monoisotopic (exact) mass is 186 g/mol. The van der Waals surface area contributed by atoms with E-state index in [2.05, 4.69) is 12.6 Å². The average Bonchev–Trinajstić information content (AvgIpc) is 2.06. The van der Waals surface area contributed by atoms with Gasteiger partial charge in [-0.2, -0.15) is 12.6 Å². The molecule has 1 nitrogen and oxygen atoms in total. The summed E-state index contributed by atoms with van der Waals surface area (Å²) in [4.78, 5) is 1.12. The Labute approximate surface area is 76.2 Å². The first-order valence-electron chi connectivity index (χ1n) is 3.31. The van der Waals surface area contributed by atoms with Gasteiger partial charge >= 0.3 is 0 Å². The lowest BCUT2D eigenvalue weighted by atomic mass is 10.2. The minimum atomic E-state index is 0.130. The van der Waals surface area contributed by atoms with E-state index < -0.39 is 0 Å². The Morgan fingerprint density at radius 3 is 2.73 bits per heavy atom. The number of benzene rings is 1. The fourth-order valence-corrected chi connectivity index (χ4v) is 1.87. The number of aliphatic hydroxyl groups is 1. The Morgan fingerprint density at radius 1 is 1.36 bits per heavy atom. The van der Waals surface area contributed by atoms with Gasteiger partial charge in [0.05, 0.1) is 5.94 Å². The van der Waals surface area contributed by atoms with Crippen LogP contribution in [0.4, 0.5) is 0 Å². The highest BCUT2D eigenvalue weighted by Gasteiger charge is 1.97. The first-order valence-corrected chi connectivity index (χ1v) is 4.92. The smallest absolute Gasteiger partial charge is 0.0932 e. The molecule has 0 unspecified atom stereocenters. The Kier molecular flexibility index (Phi) is 3.83. The molecule has 3 heteroatoms. The van der Waals surface area contributed by atoms with Crippen LogP contribution < -0.4 is 0 Å². The minimum absolute atomic E-state index is 0.130. The van der Waals surface area contributed by atoms with Gasteiger partial charge in [-0.1, -0.05) is 30.0 Å². The standard InChI is InChI=1S/C8H10OS2/c9-6-11-8-4-2-1-3-7(8)5-10/h1-4,9-10H,5-6H2. The molecule has 1 N–H and O–H groups in total. The zero-order chi connectivity index (χ0) is 8.10. The second kappa shape index (κ2) is 4.70. The summed E-state index contributed by atoms with van der Waals surface area (Å²) < 4.78 is 0. The fraction of sp³-hybridized carbons (Fsp3) is 0.250. The Balaban J connectivity index is 2.83. The number of hydrogen-bond acceptors (Lipinski definition) is 3. The molecule has 0 spiro atoms. The van der Waals surface area contributed by atoms with Crippen LogP contribution >= 0.6 is 24.4 Å². The Hall–Kier alpha value is -0.120. The summed E-state index contributed by atoms with van der Waals surface area (Å²) in [6.07, 6.45) is 0. The molecular weight excluding hydrogens is 176 g/mol. The highest BCUT2D eigenvalue weighted by molar-refractivity contribution is 7.99. The molecule has 0 amide bonds. The molecule has 0 heterocycles. The first-order chi connectivity index (χ1) is 5.38. The van der Waals surface area contributed by atoms with Crippen molar-refractivity contribution in [3.8, 4) is 0 Å². The maximum Gasteiger partial charge on any atom is 0.0932 e. The predicted molar refractivity (Wildman–Crippen MR) is 52.1 cm³/mol. The van der Waals surface area contributed by atoms with Gasteiger partial charge < -0.3 is 5.11 Å². The van der Waals surface area contributed by atoms with Crippen LogP contribution in [0.5, 0.6) is 0 Å². The summed E-state index contributed by atoms with van der Waals surface area (Å²) in [5.41, 5.74) is 1.18. The molecule has 0 atom stereocenters. The number of aliphatic hydroxyl groups excluding tert-OH is 1. The molecule has 0 aliphatic heterocycles. The molecule has 0 aromatic heterocycles. The molecule has 1 rings (SSSR count). The quantitative estimate of drug-likeness (QED) is 0.428. The van der Waals surface area contributed by atoms with Gasteiger partial charge in [-0.25, -0.2) is 0 Å². The van der Waals surface area contributed by atoms with Crippen LogP contribution in [-0.2, 0) is 5.75 Å². The van der Waals surface area contributed by atoms with Crippen molar-refractivity contribution in [2.45, 2.75) is 10.6 Å². The van der Waals surface area contributed by atoms with Crippen LogP contribution in [0.25, 0.3) is 0 Å². The van der Waals surface area contributed by atoms with Crippen molar-refractivity contribution < 1.29 is 5.11 Å². The van der Waals surface area contributed by atoms with Crippen LogP contribution in [0.2, 0.25) is 0 Å². The van der Waals surface area contributed by atoms with Crippen LogP contribution in [0, 0.1) is 0 Å². The van der Waals surface area contributed by atoms with Crippen LogP contribution in [0.15, 0.2) is 29.2 Å². The van der Waals surface area contributed by atoms with Crippen molar-refractivity contribution in [1.82, 2.24) is 0 Å². The maximum atomic E-state index is 8.68. The Bertz CT molecular complexity index is 225. The molecule has 0 radical (unpaired) electrons. The van der Waals surface area contributed by atoms with E-state index in [1.807, 2.05) is 24.3 Å². The lowest BCUT2D eigenvalue weighted by molar-refractivity contribution is 0.375. The molecule has 0 saturated heterocycles. The molecule has 0 saturated carbocycles. The van der Waals surface area contributed by atoms with E-state index in [-0.39, 0.29) is 5.94 Å². The van der Waals surface area contributed by atoms with Crippen molar-refractivity contribution in [3.05, 3.63) is 29.8 Å². The summed E-state index contributed by atoms with van der Waals surface area (Å²) >= 11 is 5.61. The summed E-state index contributed by atoms with van der Waals surface area (Å²) in [5.74, 6) is 0.855. The Morgan fingerprint density at radius 2 is 2.09 bits per heavy atom. The molecule has 60 valence electrons. The summed E-state index contributed by atoms with van der Waals surface area (Å²) in [6, 6.07) is 7.95. The molecule has 1 aromatic rings. The average molecular weight is 186 g/mol. The van der Waals surface area contributed by atoms with Gasteiger partial charge in [0.15, 0.2) is 0 Å². The van der Waals surface area contributed by atoms with Crippen molar-refractivity contribution >= 4 is 24.4 Å². The highest BCUT2D eigenvalue weighted by Crippen LogP contribution is 2.22. The van der Waals surface area contributed by atoms with Gasteiger partial charge in [-0.15, -0.1) is 0 Å². The molecule has 11 heavy (non-hydrogen) atoms. The fourth-order valence-electron chi connectivity index (χ4n) is 0.845. The zero-order valence-corrected chi connectivity index (χ0v) is 7.74. The van der Waals surface area contributed by atoms with E-state index in [1.54, 1.807) is 0 Å². The first kappa shape index (κ1) is 8.97. The molecule has 0 aliphatic rings. The van der Waals surface area contributed by atoms with Crippen molar-refractivity contribution in [1.29, 1.82) is 0 Å². The van der Waals surface area contributed by atoms with Crippen LogP contribution in [0.3, 0.4) is 0 Å². The highest BCUT2D eigenvalue weighted by atomic mass is 32.2. The van der Waals surface area contributed by atoms with Crippen molar-refractivity contribution in [3.63, 3.8) is 0 Å². The van der Waals surface area contributed by atoms with Gasteiger partial charge in [0, 0.05) is 10.6 Å². The van der Waals surface area contributed by atoms with E-state index in [0.717, 1.165) is 10.6 Å². The number of hydrogen-bond donors (Lipinski definition) is 2. The second-order valence-electron chi connectivity index (χ2n) is 2.04. The van der Waals surface area contributed by atoms with Crippen LogP contribution in [-0.4, -0.2) is 11.0 Å². The molecule has 1 aromatic carbocycles. The molecule has 0 aliphatic carbocycles. The summed E-state index contributed by atoms with van der Waals surface area (Å²) in [5, 5.41) is 8.68. The predicted octanol–water partition coefficient (Wildman–Crippen LogP) is 2.16. The van der Waals surface area contributed by atoms with Gasteiger partial charge in [0.1, 0.15) is 0 Å². The number of rotatable bonds is 3. The molecule has 0 bridgehead atoms. The van der Waals surface area contributed by atoms with Gasteiger partial charge in [0.2, 0.25) is 0 Å². The summed E-state index contributed by atoms with van der Waals surface area (Å²) in [6.45, 7) is 0. The lowest BCUT2D eigenvalue weighted by Gasteiger charge is -2.03. The van der Waals surface area contributed by atoms with E-state index in [0.29, 0.717) is 0 Å². The molecule has 0 fully saturated rings. The third-order valence-electron chi connectivity index (χ3n) is 1.36. The topological polar surface area (TPSA) is 20.2 Å². The van der Waals surface area contributed by atoms with Crippen molar-refractivity contribution in [2.24, 2.45) is 0 Å². The SMILES string of the molecule is OCSc1ccccc1CS. The third-order valence-corrected chi connectivity index (χ3v) is 2.54. The van der Waals surface area contributed by atoms with E-state index in [4.69, 9.17) is 5.11 Å². The minimum Gasteiger partial charge on any atom is -0.385 e. The number of thioether (sulfide) groups is 1. The maximum absolute atomic E-state index is 8.68. The van der Waals surface area contributed by atoms with E-state index in [9.17, 15) is 0 Å². The normalized spacial score (nSPS) is 10.0. The summed E-state index contributed by atoms with van der Waals surface area (Å²) in [7, 11) is 0. The van der Waals surface area contributed by atoms with Crippen LogP contribution in [0.1, 0.15) is 5.56 Å². The third kappa shape index (κ3) is 2.43. The lowest BCUT2D eigenvalue weighted by Crippen LogP contribution is -1.83. The zero-order valence-electron chi connectivity index (χ0n) is 6.03. The largest absolute Gasteiger partial charge is 0.385 e. The van der Waals surface area contributed by atoms with E-state index in [1.165, 1.54) is 17.3 Å². The van der Waals surface area contributed by atoms with E-state index >= 15 is 0 Å². The van der Waals surface area contributed by atoms with Gasteiger partial charge in [-0.05, 0) is 11.6 Å². The number of thiol groups is 1. The van der Waals surface area contributed by atoms with Gasteiger partial charge in [-0.3, -0.25) is 0 Å². The van der Waals surface area contributed by atoms with Gasteiger partial charge in [0.25, 0.3) is 0 Å².